The van der Waals surface area contributed by atoms with Gasteiger partial charge in [-0.3, -0.25) is 20.4 Å². The van der Waals surface area contributed by atoms with E-state index in [1.165, 1.54) is 25.1 Å². The van der Waals surface area contributed by atoms with E-state index in [9.17, 15) is 14.0 Å². The first kappa shape index (κ1) is 18.4. The number of oxazole rings is 1. The number of rotatable bonds is 6. The molecular formula is C19H18FN3O4. The van der Waals surface area contributed by atoms with Crippen LogP contribution in [-0.4, -0.2) is 22.9 Å². The normalized spacial score (nSPS) is 11.8. The van der Waals surface area contributed by atoms with Crippen LogP contribution in [0.25, 0.3) is 11.1 Å². The number of hydrazine groups is 1. The van der Waals surface area contributed by atoms with Gasteiger partial charge < -0.3 is 9.15 Å². The number of benzene rings is 2. The van der Waals surface area contributed by atoms with E-state index in [1.54, 1.807) is 12.1 Å². The number of nitrogens with one attached hydrogen (secondary N) is 2. The molecule has 0 saturated heterocycles. The highest BCUT2D eigenvalue weighted by Crippen LogP contribution is 2.17. The van der Waals surface area contributed by atoms with Crippen LogP contribution in [-0.2, 0) is 16.0 Å². The molecule has 1 aromatic heterocycles. The summed E-state index contributed by atoms with van der Waals surface area (Å²) in [4.78, 5) is 28.1. The maximum atomic E-state index is 13.5. The highest BCUT2D eigenvalue weighted by atomic mass is 19.1. The molecule has 0 aliphatic rings. The third kappa shape index (κ3) is 4.81. The SMILES string of the molecule is C[C@H](Oc1ccccc1F)C(=O)NNC(=O)CCc1nc2ccccc2o1. The lowest BCUT2D eigenvalue weighted by Gasteiger charge is -2.15. The van der Waals surface area contributed by atoms with Crippen LogP contribution in [0, 0.1) is 5.82 Å². The number of hydrogen-bond acceptors (Lipinski definition) is 5. The van der Waals surface area contributed by atoms with Gasteiger partial charge in [-0.15, -0.1) is 0 Å². The zero-order valence-electron chi connectivity index (χ0n) is 14.6. The zero-order valence-corrected chi connectivity index (χ0v) is 14.6. The molecule has 0 aliphatic heterocycles. The van der Waals surface area contributed by atoms with E-state index >= 15 is 0 Å². The molecule has 0 spiro atoms. The summed E-state index contributed by atoms with van der Waals surface area (Å²) < 4.78 is 24.3. The highest BCUT2D eigenvalue weighted by Gasteiger charge is 2.17. The molecule has 7 nitrogen and oxygen atoms in total. The Hall–Kier alpha value is -3.42. The van der Waals surface area contributed by atoms with Crippen LogP contribution in [0.3, 0.4) is 0 Å². The number of amides is 2. The number of ether oxygens (including phenoxy) is 1. The minimum Gasteiger partial charge on any atom is -0.478 e. The maximum absolute atomic E-state index is 13.5. The quantitative estimate of drug-likeness (QED) is 0.650. The molecule has 3 aromatic rings. The Kier molecular flexibility index (Phi) is 5.65. The van der Waals surface area contributed by atoms with Crippen molar-refractivity contribution >= 4 is 22.9 Å². The number of para-hydroxylation sites is 3. The summed E-state index contributed by atoms with van der Waals surface area (Å²) in [7, 11) is 0. The molecule has 0 bridgehead atoms. The van der Waals surface area contributed by atoms with Gasteiger partial charge in [-0.1, -0.05) is 24.3 Å². The molecule has 8 heteroatoms. The molecule has 140 valence electrons. The molecular weight excluding hydrogens is 353 g/mol. The Bertz CT molecular complexity index is 924. The Morgan fingerprint density at radius 3 is 2.67 bits per heavy atom. The minimum atomic E-state index is -0.987. The second-order valence-electron chi connectivity index (χ2n) is 5.80. The second kappa shape index (κ2) is 8.31. The van der Waals surface area contributed by atoms with Crippen molar-refractivity contribution in [2.45, 2.75) is 25.9 Å². The fraction of sp³-hybridized carbons (Fsp3) is 0.211. The van der Waals surface area contributed by atoms with Crippen molar-refractivity contribution in [3.63, 3.8) is 0 Å². The van der Waals surface area contributed by atoms with Crippen LogP contribution in [0.4, 0.5) is 4.39 Å². The van der Waals surface area contributed by atoms with Crippen LogP contribution in [0.2, 0.25) is 0 Å². The third-order valence-electron chi connectivity index (χ3n) is 3.74. The molecule has 2 amide bonds. The first-order valence-corrected chi connectivity index (χ1v) is 8.37. The van der Waals surface area contributed by atoms with Crippen molar-refractivity contribution in [3.8, 4) is 5.75 Å². The first-order valence-electron chi connectivity index (χ1n) is 8.37. The van der Waals surface area contributed by atoms with E-state index in [4.69, 9.17) is 9.15 Å². The predicted molar refractivity (Wildman–Crippen MR) is 95.1 cm³/mol. The summed E-state index contributed by atoms with van der Waals surface area (Å²) >= 11 is 0. The van der Waals surface area contributed by atoms with Gasteiger partial charge in [0.15, 0.2) is 29.1 Å². The summed E-state index contributed by atoms with van der Waals surface area (Å²) in [6.45, 7) is 1.45. The first-order chi connectivity index (χ1) is 13.0. The Morgan fingerprint density at radius 2 is 1.89 bits per heavy atom. The molecule has 27 heavy (non-hydrogen) atoms. The molecule has 1 heterocycles. The van der Waals surface area contributed by atoms with Gasteiger partial charge in [-0.05, 0) is 31.2 Å². The molecule has 0 aliphatic carbocycles. The number of carbonyl (C=O) groups is 2. The summed E-state index contributed by atoms with van der Waals surface area (Å²) in [5.74, 6) is -1.19. The number of hydrogen-bond donors (Lipinski definition) is 2. The van der Waals surface area contributed by atoms with Crippen LogP contribution < -0.4 is 15.6 Å². The van der Waals surface area contributed by atoms with E-state index in [2.05, 4.69) is 15.8 Å². The number of aromatic nitrogens is 1. The highest BCUT2D eigenvalue weighted by molar-refractivity contribution is 5.84. The van der Waals surface area contributed by atoms with Gasteiger partial charge in [0.25, 0.3) is 5.91 Å². The fourth-order valence-electron chi connectivity index (χ4n) is 2.33. The summed E-state index contributed by atoms with van der Waals surface area (Å²) in [5.41, 5.74) is 5.91. The molecule has 0 fully saturated rings. The van der Waals surface area contributed by atoms with Crippen LogP contribution in [0.1, 0.15) is 19.2 Å². The Balaban J connectivity index is 1.44. The molecule has 0 saturated carbocycles. The van der Waals surface area contributed by atoms with E-state index in [1.807, 2.05) is 18.2 Å². The van der Waals surface area contributed by atoms with E-state index < -0.39 is 23.7 Å². The van der Waals surface area contributed by atoms with Gasteiger partial charge >= 0.3 is 0 Å². The van der Waals surface area contributed by atoms with Gasteiger partial charge in [-0.25, -0.2) is 9.37 Å². The molecule has 2 aromatic carbocycles. The van der Waals surface area contributed by atoms with E-state index in [0.717, 1.165) is 5.52 Å². The average Bonchev–Trinajstić information content (AvgIpc) is 3.09. The van der Waals surface area contributed by atoms with Crippen LogP contribution >= 0.6 is 0 Å². The fourth-order valence-corrected chi connectivity index (χ4v) is 2.33. The second-order valence-corrected chi connectivity index (χ2v) is 5.80. The summed E-state index contributed by atoms with van der Waals surface area (Å²) in [6.07, 6.45) is -0.618. The van der Waals surface area contributed by atoms with E-state index in [0.29, 0.717) is 11.5 Å². The van der Waals surface area contributed by atoms with Gasteiger partial charge in [0.1, 0.15) is 5.52 Å². The minimum absolute atomic E-state index is 0.0394. The summed E-state index contributed by atoms with van der Waals surface area (Å²) in [5, 5.41) is 0. The maximum Gasteiger partial charge on any atom is 0.279 e. The number of aryl methyl sites for hydroxylation is 1. The van der Waals surface area contributed by atoms with Crippen molar-refractivity contribution < 1.29 is 23.1 Å². The van der Waals surface area contributed by atoms with Gasteiger partial charge in [0.2, 0.25) is 5.91 Å². The molecule has 0 radical (unpaired) electrons. The van der Waals surface area contributed by atoms with E-state index in [-0.39, 0.29) is 18.6 Å². The van der Waals surface area contributed by atoms with Crippen LogP contribution in [0.15, 0.2) is 52.9 Å². The van der Waals surface area contributed by atoms with Crippen molar-refractivity contribution in [1.82, 2.24) is 15.8 Å². The standard InChI is InChI=1S/C19H18FN3O4/c1-12(26-15-8-4-2-6-13(15)20)19(25)23-22-17(24)10-11-18-21-14-7-3-5-9-16(14)27-18/h2-9,12H,10-11H2,1H3,(H,22,24)(H,23,25)/t12-/m0/s1. The lowest BCUT2D eigenvalue weighted by atomic mass is 10.3. The van der Waals surface area contributed by atoms with Crippen molar-refractivity contribution in [3.05, 3.63) is 60.2 Å². The average molecular weight is 371 g/mol. The molecule has 0 unspecified atom stereocenters. The third-order valence-corrected chi connectivity index (χ3v) is 3.74. The molecule has 1 atom stereocenters. The monoisotopic (exact) mass is 371 g/mol. The number of fused-ring (bicyclic) bond motifs is 1. The number of nitrogens with zero attached hydrogens (tertiary/aromatic N) is 1. The smallest absolute Gasteiger partial charge is 0.279 e. The van der Waals surface area contributed by atoms with Gasteiger partial charge in [0, 0.05) is 12.8 Å². The Labute approximate surface area is 154 Å². The lowest BCUT2D eigenvalue weighted by molar-refractivity contribution is -0.132. The molecule has 3 rings (SSSR count). The van der Waals surface area contributed by atoms with Crippen molar-refractivity contribution in [1.29, 1.82) is 0 Å². The zero-order chi connectivity index (χ0) is 19.2. The van der Waals surface area contributed by atoms with Crippen LogP contribution in [0.5, 0.6) is 5.75 Å². The predicted octanol–water partition coefficient (Wildman–Crippen LogP) is 2.51. The van der Waals surface area contributed by atoms with Crippen molar-refractivity contribution in [2.75, 3.05) is 0 Å². The van der Waals surface area contributed by atoms with Crippen molar-refractivity contribution in [2.24, 2.45) is 0 Å². The summed E-state index contributed by atoms with van der Waals surface area (Å²) in [6, 6.07) is 13.1. The largest absolute Gasteiger partial charge is 0.478 e. The number of carbonyl (C=O) groups excluding carboxylic acids is 2. The number of halogens is 1. The molecule has 2 N–H and O–H groups in total. The topological polar surface area (TPSA) is 93.5 Å². The van der Waals surface area contributed by atoms with Gasteiger partial charge in [0.05, 0.1) is 0 Å². The lowest BCUT2D eigenvalue weighted by Crippen LogP contribution is -2.47. The Morgan fingerprint density at radius 1 is 1.15 bits per heavy atom. The van der Waals surface area contributed by atoms with Gasteiger partial charge in [-0.2, -0.15) is 0 Å².